The van der Waals surface area contributed by atoms with Crippen molar-refractivity contribution in [3.05, 3.63) is 61.1 Å². The normalized spacial score (nSPS) is 10.7. The Morgan fingerprint density at radius 2 is 1.70 bits per heavy atom. The molecule has 1 aromatic carbocycles. The summed E-state index contributed by atoms with van der Waals surface area (Å²) >= 11 is 0. The summed E-state index contributed by atoms with van der Waals surface area (Å²) in [5, 5.41) is 13.6. The number of aliphatic hydroxyl groups excluding tert-OH is 1. The Labute approximate surface area is 117 Å². The van der Waals surface area contributed by atoms with Gasteiger partial charge in [0.05, 0.1) is 25.0 Å². The van der Waals surface area contributed by atoms with Crippen molar-refractivity contribution in [1.82, 2.24) is 14.8 Å². The molecular weight excluding hydrogens is 250 g/mol. The standard InChI is InChI=1S/C16H15N3O/c20-11-10-19-16(14-6-8-17-9-7-14)15(12-18-19)13-4-2-1-3-5-13/h1-9,12,20H,10-11H2. The van der Waals surface area contributed by atoms with Crippen LogP contribution in [0.25, 0.3) is 22.4 Å². The molecule has 0 fully saturated rings. The van der Waals surface area contributed by atoms with Gasteiger partial charge in [0.15, 0.2) is 0 Å². The van der Waals surface area contributed by atoms with Crippen LogP contribution in [0.1, 0.15) is 0 Å². The van der Waals surface area contributed by atoms with Crippen molar-refractivity contribution in [3.8, 4) is 22.4 Å². The third-order valence-corrected chi connectivity index (χ3v) is 3.19. The van der Waals surface area contributed by atoms with Crippen LogP contribution in [-0.4, -0.2) is 26.5 Å². The first-order valence-electron chi connectivity index (χ1n) is 6.52. The van der Waals surface area contributed by atoms with Crippen molar-refractivity contribution in [2.45, 2.75) is 6.54 Å². The van der Waals surface area contributed by atoms with Crippen LogP contribution in [0.5, 0.6) is 0 Å². The first-order chi connectivity index (χ1) is 9.90. The zero-order chi connectivity index (χ0) is 13.8. The van der Waals surface area contributed by atoms with Crippen molar-refractivity contribution in [2.75, 3.05) is 6.61 Å². The number of hydrogen-bond donors (Lipinski definition) is 1. The predicted molar refractivity (Wildman–Crippen MR) is 78.0 cm³/mol. The molecule has 4 nitrogen and oxygen atoms in total. The van der Waals surface area contributed by atoms with Crippen LogP contribution in [0.3, 0.4) is 0 Å². The van der Waals surface area contributed by atoms with Crippen LogP contribution in [0.4, 0.5) is 0 Å². The van der Waals surface area contributed by atoms with Gasteiger partial charge in [-0.25, -0.2) is 0 Å². The summed E-state index contributed by atoms with van der Waals surface area (Å²) in [6.45, 7) is 0.540. The van der Waals surface area contributed by atoms with Gasteiger partial charge in [0, 0.05) is 23.5 Å². The zero-order valence-corrected chi connectivity index (χ0v) is 11.0. The average Bonchev–Trinajstić information content (AvgIpc) is 2.93. The number of hydrogen-bond acceptors (Lipinski definition) is 3. The summed E-state index contributed by atoms with van der Waals surface area (Å²) in [6, 6.07) is 14.0. The Bertz CT molecular complexity index is 677. The molecule has 3 aromatic rings. The summed E-state index contributed by atoms with van der Waals surface area (Å²) in [5.41, 5.74) is 4.23. The minimum Gasteiger partial charge on any atom is -0.394 e. The highest BCUT2D eigenvalue weighted by molar-refractivity contribution is 5.80. The molecule has 0 saturated heterocycles. The molecule has 0 spiro atoms. The molecule has 0 saturated carbocycles. The maximum atomic E-state index is 9.20. The molecule has 4 heteroatoms. The second kappa shape index (κ2) is 5.67. The third kappa shape index (κ3) is 2.33. The lowest BCUT2D eigenvalue weighted by molar-refractivity contribution is 0.270. The summed E-state index contributed by atoms with van der Waals surface area (Å²) in [4.78, 5) is 4.05. The zero-order valence-electron chi connectivity index (χ0n) is 11.0. The second-order valence-electron chi connectivity index (χ2n) is 4.46. The summed E-state index contributed by atoms with van der Waals surface area (Å²) < 4.78 is 1.83. The highest BCUT2D eigenvalue weighted by Crippen LogP contribution is 2.31. The van der Waals surface area contributed by atoms with E-state index in [2.05, 4.69) is 22.2 Å². The minimum atomic E-state index is 0.0635. The van der Waals surface area contributed by atoms with Crippen molar-refractivity contribution in [3.63, 3.8) is 0 Å². The lowest BCUT2D eigenvalue weighted by atomic mass is 10.0. The van der Waals surface area contributed by atoms with Crippen LogP contribution < -0.4 is 0 Å². The lowest BCUT2D eigenvalue weighted by Gasteiger charge is -2.09. The first kappa shape index (κ1) is 12.6. The van der Waals surface area contributed by atoms with Gasteiger partial charge in [-0.05, 0) is 17.7 Å². The molecule has 20 heavy (non-hydrogen) atoms. The Morgan fingerprint density at radius 3 is 2.40 bits per heavy atom. The van der Waals surface area contributed by atoms with Crippen LogP contribution in [0, 0.1) is 0 Å². The topological polar surface area (TPSA) is 50.9 Å². The van der Waals surface area contributed by atoms with Crippen LogP contribution in [0.2, 0.25) is 0 Å². The van der Waals surface area contributed by atoms with Gasteiger partial charge in [-0.1, -0.05) is 30.3 Å². The molecule has 100 valence electrons. The largest absolute Gasteiger partial charge is 0.394 e. The second-order valence-corrected chi connectivity index (χ2v) is 4.46. The smallest absolute Gasteiger partial charge is 0.0762 e. The van der Waals surface area contributed by atoms with E-state index in [9.17, 15) is 5.11 Å². The molecule has 0 atom stereocenters. The Kier molecular flexibility index (Phi) is 3.56. The number of aliphatic hydroxyl groups is 1. The highest BCUT2D eigenvalue weighted by atomic mass is 16.3. The van der Waals surface area contributed by atoms with Gasteiger partial charge >= 0.3 is 0 Å². The van der Waals surface area contributed by atoms with Gasteiger partial charge in [0.1, 0.15) is 0 Å². The Morgan fingerprint density at radius 1 is 0.950 bits per heavy atom. The fraction of sp³-hybridized carbons (Fsp3) is 0.125. The molecule has 1 N–H and O–H groups in total. The van der Waals surface area contributed by atoms with E-state index in [-0.39, 0.29) is 6.61 Å². The van der Waals surface area contributed by atoms with E-state index in [1.165, 1.54) is 0 Å². The van der Waals surface area contributed by atoms with Gasteiger partial charge in [-0.15, -0.1) is 0 Å². The van der Waals surface area contributed by atoms with Crippen molar-refractivity contribution in [2.24, 2.45) is 0 Å². The van der Waals surface area contributed by atoms with Gasteiger partial charge in [0.2, 0.25) is 0 Å². The molecule has 0 aliphatic rings. The molecule has 0 aliphatic carbocycles. The van der Waals surface area contributed by atoms with Gasteiger partial charge in [-0.2, -0.15) is 5.10 Å². The maximum absolute atomic E-state index is 9.20. The molecular formula is C16H15N3O. The third-order valence-electron chi connectivity index (χ3n) is 3.19. The SMILES string of the molecule is OCCn1ncc(-c2ccccc2)c1-c1ccncc1. The molecule has 2 heterocycles. The number of benzene rings is 1. The van der Waals surface area contributed by atoms with E-state index in [1.807, 2.05) is 41.2 Å². The number of aromatic nitrogens is 3. The fourth-order valence-electron chi connectivity index (χ4n) is 2.29. The number of rotatable bonds is 4. The molecule has 3 rings (SSSR count). The fourth-order valence-corrected chi connectivity index (χ4v) is 2.29. The quantitative estimate of drug-likeness (QED) is 0.789. The summed E-state index contributed by atoms with van der Waals surface area (Å²) in [6.07, 6.45) is 5.38. The Balaban J connectivity index is 2.17. The Hall–Kier alpha value is -2.46. The van der Waals surface area contributed by atoms with Crippen molar-refractivity contribution in [1.29, 1.82) is 0 Å². The van der Waals surface area contributed by atoms with Crippen molar-refractivity contribution >= 4 is 0 Å². The van der Waals surface area contributed by atoms with Crippen LogP contribution in [0.15, 0.2) is 61.1 Å². The van der Waals surface area contributed by atoms with Crippen LogP contribution >= 0.6 is 0 Å². The van der Waals surface area contributed by atoms with Gasteiger partial charge in [0.25, 0.3) is 0 Å². The first-order valence-corrected chi connectivity index (χ1v) is 6.52. The molecule has 0 bridgehead atoms. The predicted octanol–water partition coefficient (Wildman–Crippen LogP) is 2.60. The molecule has 0 amide bonds. The molecule has 2 aromatic heterocycles. The number of pyridine rings is 1. The lowest BCUT2D eigenvalue weighted by Crippen LogP contribution is -2.05. The highest BCUT2D eigenvalue weighted by Gasteiger charge is 2.13. The minimum absolute atomic E-state index is 0.0635. The molecule has 0 unspecified atom stereocenters. The number of nitrogens with zero attached hydrogens (tertiary/aromatic N) is 3. The van der Waals surface area contributed by atoms with Gasteiger partial charge < -0.3 is 5.11 Å². The monoisotopic (exact) mass is 265 g/mol. The molecule has 0 aliphatic heterocycles. The van der Waals surface area contributed by atoms with E-state index in [1.54, 1.807) is 12.4 Å². The van der Waals surface area contributed by atoms with E-state index >= 15 is 0 Å². The van der Waals surface area contributed by atoms with Gasteiger partial charge in [-0.3, -0.25) is 9.67 Å². The van der Waals surface area contributed by atoms with E-state index in [4.69, 9.17) is 0 Å². The summed E-state index contributed by atoms with van der Waals surface area (Å²) in [5.74, 6) is 0. The van der Waals surface area contributed by atoms with Crippen LogP contribution in [-0.2, 0) is 6.54 Å². The van der Waals surface area contributed by atoms with E-state index < -0.39 is 0 Å². The van der Waals surface area contributed by atoms with E-state index in [0.29, 0.717) is 6.54 Å². The molecule has 0 radical (unpaired) electrons. The maximum Gasteiger partial charge on any atom is 0.0762 e. The van der Waals surface area contributed by atoms with E-state index in [0.717, 1.165) is 22.4 Å². The summed E-state index contributed by atoms with van der Waals surface area (Å²) in [7, 11) is 0. The average molecular weight is 265 g/mol. The van der Waals surface area contributed by atoms with Crippen molar-refractivity contribution < 1.29 is 5.11 Å².